The van der Waals surface area contributed by atoms with E-state index in [0.29, 0.717) is 0 Å². The number of nitrogens with one attached hydrogen (secondary N) is 1. The van der Waals surface area contributed by atoms with Crippen molar-refractivity contribution in [2.45, 2.75) is 26.3 Å². The van der Waals surface area contributed by atoms with Gasteiger partial charge in [0.2, 0.25) is 0 Å². The van der Waals surface area contributed by atoms with Crippen molar-refractivity contribution in [2.24, 2.45) is 0 Å². The topological polar surface area (TPSA) is 39.1 Å². The Morgan fingerprint density at radius 1 is 1.33 bits per heavy atom. The van der Waals surface area contributed by atoms with Crippen molar-refractivity contribution >= 4 is 15.9 Å². The van der Waals surface area contributed by atoms with Gasteiger partial charge in [-0.05, 0) is 36.7 Å². The second kappa shape index (κ2) is 8.20. The molecular weight excluding hydrogens is 330 g/mol. The zero-order valence-corrected chi connectivity index (χ0v) is 14.2. The van der Waals surface area contributed by atoms with E-state index in [0.717, 1.165) is 48.4 Å². The molecule has 1 N–H and O–H groups in total. The molecule has 0 atom stereocenters. The van der Waals surface area contributed by atoms with Crippen molar-refractivity contribution in [3.05, 3.63) is 46.5 Å². The smallest absolute Gasteiger partial charge is 0.119 e. The van der Waals surface area contributed by atoms with Gasteiger partial charge in [0, 0.05) is 30.2 Å². The van der Waals surface area contributed by atoms with Crippen LogP contribution in [0.4, 0.5) is 0 Å². The Bertz CT molecular complexity index is 568. The minimum Gasteiger partial charge on any atom is -0.497 e. The second-order valence-corrected chi connectivity index (χ2v) is 5.85. The number of hydrogen-bond acceptors (Lipinski definition) is 3. The quantitative estimate of drug-likeness (QED) is 0.742. The van der Waals surface area contributed by atoms with Crippen LogP contribution < -0.4 is 10.1 Å². The molecule has 0 aliphatic carbocycles. The summed E-state index contributed by atoms with van der Waals surface area (Å²) < 4.78 is 8.47. The molecule has 0 radical (unpaired) electrons. The lowest BCUT2D eigenvalue weighted by atomic mass is 10.2. The molecule has 114 valence electrons. The predicted octanol–water partition coefficient (Wildman–Crippen LogP) is 3.24. The highest BCUT2D eigenvalue weighted by molar-refractivity contribution is 9.10. The van der Waals surface area contributed by atoms with E-state index in [9.17, 15) is 0 Å². The summed E-state index contributed by atoms with van der Waals surface area (Å²) in [6.45, 7) is 5.01. The zero-order chi connectivity index (χ0) is 15.1. The van der Waals surface area contributed by atoms with Crippen molar-refractivity contribution in [2.75, 3.05) is 20.2 Å². The Morgan fingerprint density at radius 2 is 2.19 bits per heavy atom. The molecular formula is C16H22BrN3O. The van der Waals surface area contributed by atoms with Gasteiger partial charge in [0.05, 0.1) is 19.1 Å². The average Bonchev–Trinajstić information content (AvgIpc) is 2.93. The molecule has 2 aromatic rings. The van der Waals surface area contributed by atoms with Crippen LogP contribution in [0.1, 0.15) is 24.6 Å². The van der Waals surface area contributed by atoms with Crippen LogP contribution in [0.15, 0.2) is 35.2 Å². The molecule has 2 rings (SSSR count). The first-order chi connectivity index (χ1) is 10.2. The molecule has 0 fully saturated rings. The highest BCUT2D eigenvalue weighted by Gasteiger charge is 2.05. The van der Waals surface area contributed by atoms with E-state index in [4.69, 9.17) is 4.74 Å². The highest BCUT2D eigenvalue weighted by atomic mass is 79.9. The molecule has 4 nitrogen and oxygen atoms in total. The zero-order valence-electron chi connectivity index (χ0n) is 12.6. The normalized spacial score (nSPS) is 10.8. The van der Waals surface area contributed by atoms with Crippen LogP contribution in [0.2, 0.25) is 0 Å². The lowest BCUT2D eigenvalue weighted by molar-refractivity contribution is 0.414. The van der Waals surface area contributed by atoms with Crippen LogP contribution in [-0.4, -0.2) is 29.8 Å². The number of rotatable bonds is 8. The number of methoxy groups -OCH3 is 1. The number of benzene rings is 1. The van der Waals surface area contributed by atoms with Gasteiger partial charge in [-0.2, -0.15) is 0 Å². The highest BCUT2D eigenvalue weighted by Crippen LogP contribution is 2.23. The molecule has 0 saturated heterocycles. The van der Waals surface area contributed by atoms with Gasteiger partial charge >= 0.3 is 0 Å². The SMILES string of the molecule is CCCNCCc1cn(Cc2cc(OC)ccc2Br)cn1. The van der Waals surface area contributed by atoms with Crippen LogP contribution in [0.3, 0.4) is 0 Å². The van der Waals surface area contributed by atoms with E-state index >= 15 is 0 Å². The first-order valence-corrected chi connectivity index (χ1v) is 8.06. The Balaban J connectivity index is 1.96. The number of nitrogens with zero attached hydrogens (tertiary/aromatic N) is 2. The Morgan fingerprint density at radius 3 is 2.95 bits per heavy atom. The molecule has 0 spiro atoms. The molecule has 0 unspecified atom stereocenters. The van der Waals surface area contributed by atoms with Crippen LogP contribution in [-0.2, 0) is 13.0 Å². The fourth-order valence-corrected chi connectivity index (χ4v) is 2.51. The van der Waals surface area contributed by atoms with Crippen molar-refractivity contribution in [3.8, 4) is 5.75 Å². The summed E-state index contributed by atoms with van der Waals surface area (Å²) in [5, 5.41) is 3.39. The summed E-state index contributed by atoms with van der Waals surface area (Å²) in [5.74, 6) is 0.873. The largest absolute Gasteiger partial charge is 0.497 e. The van der Waals surface area contributed by atoms with Gasteiger partial charge in [-0.15, -0.1) is 0 Å². The molecule has 0 saturated carbocycles. The maximum atomic E-state index is 5.27. The van der Waals surface area contributed by atoms with Crippen molar-refractivity contribution < 1.29 is 4.74 Å². The molecule has 0 bridgehead atoms. The first kappa shape index (κ1) is 16.0. The minimum absolute atomic E-state index is 0.785. The number of imidazole rings is 1. The first-order valence-electron chi connectivity index (χ1n) is 7.26. The molecule has 0 aliphatic rings. The van der Waals surface area contributed by atoms with E-state index in [-0.39, 0.29) is 0 Å². The van der Waals surface area contributed by atoms with Crippen LogP contribution in [0, 0.1) is 0 Å². The van der Waals surface area contributed by atoms with Crippen molar-refractivity contribution in [1.29, 1.82) is 0 Å². The predicted molar refractivity (Wildman–Crippen MR) is 88.9 cm³/mol. The molecule has 1 aromatic carbocycles. The molecule has 21 heavy (non-hydrogen) atoms. The second-order valence-electron chi connectivity index (χ2n) is 4.99. The number of halogens is 1. The maximum Gasteiger partial charge on any atom is 0.119 e. The number of hydrogen-bond donors (Lipinski definition) is 1. The summed E-state index contributed by atoms with van der Waals surface area (Å²) in [5.41, 5.74) is 2.31. The van der Waals surface area contributed by atoms with E-state index in [2.05, 4.69) is 43.9 Å². The Kier molecular flexibility index (Phi) is 6.26. The van der Waals surface area contributed by atoms with Crippen LogP contribution >= 0.6 is 15.9 Å². The summed E-state index contributed by atoms with van der Waals surface area (Å²) in [6.07, 6.45) is 6.13. The van der Waals surface area contributed by atoms with Gasteiger partial charge in [0.15, 0.2) is 0 Å². The average molecular weight is 352 g/mol. The van der Waals surface area contributed by atoms with Gasteiger partial charge in [-0.25, -0.2) is 4.98 Å². The van der Waals surface area contributed by atoms with E-state index < -0.39 is 0 Å². The number of ether oxygens (including phenoxy) is 1. The molecule has 5 heteroatoms. The maximum absolute atomic E-state index is 5.27. The lowest BCUT2D eigenvalue weighted by Gasteiger charge is -2.08. The van der Waals surface area contributed by atoms with Crippen LogP contribution in [0.25, 0.3) is 0 Å². The van der Waals surface area contributed by atoms with E-state index in [1.807, 2.05) is 24.5 Å². The molecule has 1 aromatic heterocycles. The van der Waals surface area contributed by atoms with Gasteiger partial charge in [0.25, 0.3) is 0 Å². The fourth-order valence-electron chi connectivity index (χ4n) is 2.14. The molecule has 0 amide bonds. The third-order valence-electron chi connectivity index (χ3n) is 3.28. The van der Waals surface area contributed by atoms with Crippen molar-refractivity contribution in [3.63, 3.8) is 0 Å². The fraction of sp³-hybridized carbons (Fsp3) is 0.438. The van der Waals surface area contributed by atoms with Gasteiger partial charge in [-0.1, -0.05) is 22.9 Å². The third-order valence-corrected chi connectivity index (χ3v) is 4.05. The van der Waals surface area contributed by atoms with E-state index in [1.165, 1.54) is 5.56 Å². The van der Waals surface area contributed by atoms with Gasteiger partial charge < -0.3 is 14.6 Å². The van der Waals surface area contributed by atoms with Crippen LogP contribution in [0.5, 0.6) is 5.75 Å². The molecule has 1 heterocycles. The van der Waals surface area contributed by atoms with Gasteiger partial charge in [-0.3, -0.25) is 0 Å². The number of aromatic nitrogens is 2. The van der Waals surface area contributed by atoms with Crippen molar-refractivity contribution in [1.82, 2.24) is 14.9 Å². The summed E-state index contributed by atoms with van der Waals surface area (Å²) in [6, 6.07) is 6.01. The minimum atomic E-state index is 0.785. The van der Waals surface area contributed by atoms with Gasteiger partial charge in [0.1, 0.15) is 5.75 Å². The van der Waals surface area contributed by atoms with E-state index in [1.54, 1.807) is 7.11 Å². The monoisotopic (exact) mass is 351 g/mol. The Labute approximate surface area is 134 Å². The molecule has 0 aliphatic heterocycles. The summed E-state index contributed by atoms with van der Waals surface area (Å²) in [4.78, 5) is 4.46. The summed E-state index contributed by atoms with van der Waals surface area (Å²) in [7, 11) is 1.69. The standard InChI is InChI=1S/C16H22BrN3O/c1-3-7-18-8-6-14-11-20(12-19-14)10-13-9-15(21-2)4-5-16(13)17/h4-5,9,11-12,18H,3,6-8,10H2,1-2H3. The lowest BCUT2D eigenvalue weighted by Crippen LogP contribution is -2.17. The third kappa shape index (κ3) is 4.86. The Hall–Kier alpha value is -1.33. The summed E-state index contributed by atoms with van der Waals surface area (Å²) >= 11 is 3.58.